The highest BCUT2D eigenvalue weighted by molar-refractivity contribution is 5.81. The van der Waals surface area contributed by atoms with Crippen molar-refractivity contribution < 1.29 is 18.0 Å². The molecule has 0 spiro atoms. The minimum absolute atomic E-state index is 0.0529. The first-order valence-corrected chi connectivity index (χ1v) is 9.48. The lowest BCUT2D eigenvalue weighted by atomic mass is 10.0. The number of rotatable bonds is 6. The molecule has 9 heteroatoms. The van der Waals surface area contributed by atoms with Crippen LogP contribution < -0.4 is 5.56 Å². The number of halogens is 3. The van der Waals surface area contributed by atoms with Crippen molar-refractivity contribution in [2.75, 3.05) is 0 Å². The van der Waals surface area contributed by atoms with Gasteiger partial charge in [-0.05, 0) is 23.8 Å². The Morgan fingerprint density at radius 1 is 1.06 bits per heavy atom. The summed E-state index contributed by atoms with van der Waals surface area (Å²) in [5.74, 6) is -0.453. The van der Waals surface area contributed by atoms with Crippen LogP contribution in [0.25, 0.3) is 28.2 Å². The number of aromatic nitrogens is 4. The number of carbonyl (C=O) groups is 1. The molecule has 3 aromatic heterocycles. The SMILES string of the molecule is O=C(CCC(F)(F)F)Cc1cccc(-c2cnc3cc(-c4c[nH]c(=O)cn4)ccn23)c1. The number of nitrogens with zero attached hydrogens (tertiary/aromatic N) is 3. The van der Waals surface area contributed by atoms with Gasteiger partial charge in [0.2, 0.25) is 0 Å². The Bertz CT molecular complexity index is 1290. The van der Waals surface area contributed by atoms with Crippen molar-refractivity contribution in [2.45, 2.75) is 25.4 Å². The van der Waals surface area contributed by atoms with Gasteiger partial charge in [0.25, 0.3) is 5.56 Å². The zero-order valence-electron chi connectivity index (χ0n) is 16.2. The normalized spacial score (nSPS) is 11.7. The van der Waals surface area contributed by atoms with Gasteiger partial charge in [0, 0.05) is 36.4 Å². The molecule has 1 aromatic carbocycles. The maximum Gasteiger partial charge on any atom is 0.389 e. The van der Waals surface area contributed by atoms with E-state index in [2.05, 4.69) is 15.0 Å². The van der Waals surface area contributed by atoms with Crippen molar-refractivity contribution in [1.29, 1.82) is 0 Å². The predicted molar refractivity (Wildman–Crippen MR) is 108 cm³/mol. The average Bonchev–Trinajstić information content (AvgIpc) is 3.16. The number of hydrogen-bond acceptors (Lipinski definition) is 4. The van der Waals surface area contributed by atoms with Crippen molar-refractivity contribution in [2.24, 2.45) is 0 Å². The number of carbonyl (C=O) groups excluding carboxylic acids is 1. The number of fused-ring (bicyclic) bond motifs is 1. The monoisotopic (exact) mass is 426 g/mol. The van der Waals surface area contributed by atoms with Gasteiger partial charge in [-0.2, -0.15) is 13.2 Å². The third kappa shape index (κ3) is 4.88. The van der Waals surface area contributed by atoms with Crippen LogP contribution in [0.3, 0.4) is 0 Å². The number of Topliss-reactive ketones (excluding diaryl/α,β-unsaturated/α-hetero) is 1. The molecule has 0 aliphatic heterocycles. The zero-order chi connectivity index (χ0) is 22.0. The number of alkyl halides is 3. The molecule has 4 aromatic rings. The van der Waals surface area contributed by atoms with Crippen LogP contribution in [0, 0.1) is 0 Å². The zero-order valence-corrected chi connectivity index (χ0v) is 16.2. The molecule has 0 aliphatic rings. The quantitative estimate of drug-likeness (QED) is 0.501. The molecule has 31 heavy (non-hydrogen) atoms. The van der Waals surface area contributed by atoms with Crippen LogP contribution in [0.5, 0.6) is 0 Å². The molecular formula is C22H17F3N4O2. The summed E-state index contributed by atoms with van der Waals surface area (Å²) in [6.45, 7) is 0. The maximum absolute atomic E-state index is 12.3. The lowest BCUT2D eigenvalue weighted by Gasteiger charge is -2.08. The van der Waals surface area contributed by atoms with E-state index in [4.69, 9.17) is 0 Å². The molecule has 158 valence electrons. The van der Waals surface area contributed by atoms with Gasteiger partial charge < -0.3 is 4.98 Å². The lowest BCUT2D eigenvalue weighted by Crippen LogP contribution is -2.12. The van der Waals surface area contributed by atoms with Crippen LogP contribution in [0.4, 0.5) is 13.2 Å². The maximum atomic E-state index is 12.3. The summed E-state index contributed by atoms with van der Waals surface area (Å²) in [6, 6.07) is 10.8. The summed E-state index contributed by atoms with van der Waals surface area (Å²) in [6.07, 6.45) is 0.219. The topological polar surface area (TPSA) is 80.1 Å². The Balaban J connectivity index is 1.57. The highest BCUT2D eigenvalue weighted by Crippen LogP contribution is 2.26. The summed E-state index contributed by atoms with van der Waals surface area (Å²) in [5.41, 5.74) is 3.98. The number of H-pyrrole nitrogens is 1. The lowest BCUT2D eigenvalue weighted by molar-refractivity contribution is -0.143. The summed E-state index contributed by atoms with van der Waals surface area (Å²) >= 11 is 0. The van der Waals surface area contributed by atoms with Crippen LogP contribution in [0.2, 0.25) is 0 Å². The van der Waals surface area contributed by atoms with Gasteiger partial charge >= 0.3 is 6.18 Å². The molecule has 0 amide bonds. The third-order valence-corrected chi connectivity index (χ3v) is 4.79. The number of hydrogen-bond donors (Lipinski definition) is 1. The molecule has 0 saturated carbocycles. The highest BCUT2D eigenvalue weighted by Gasteiger charge is 2.27. The van der Waals surface area contributed by atoms with Gasteiger partial charge in [-0.1, -0.05) is 18.2 Å². The summed E-state index contributed by atoms with van der Waals surface area (Å²) in [7, 11) is 0. The molecule has 3 heterocycles. The predicted octanol–water partition coefficient (Wildman–Crippen LogP) is 4.21. The van der Waals surface area contributed by atoms with Crippen molar-refractivity contribution in [3.8, 4) is 22.5 Å². The van der Waals surface area contributed by atoms with Gasteiger partial charge in [-0.3, -0.25) is 14.0 Å². The van der Waals surface area contributed by atoms with Crippen molar-refractivity contribution in [3.05, 3.63) is 77.1 Å². The number of nitrogens with one attached hydrogen (secondary N) is 1. The van der Waals surface area contributed by atoms with Crippen LogP contribution in [0.15, 0.2) is 66.0 Å². The van der Waals surface area contributed by atoms with Crippen molar-refractivity contribution in [3.63, 3.8) is 0 Å². The van der Waals surface area contributed by atoms with Crippen LogP contribution in [0.1, 0.15) is 18.4 Å². The number of benzene rings is 1. The van der Waals surface area contributed by atoms with Crippen molar-refractivity contribution >= 4 is 11.4 Å². The molecule has 4 rings (SSSR count). The van der Waals surface area contributed by atoms with Crippen LogP contribution in [-0.2, 0) is 11.2 Å². The number of ketones is 1. The van der Waals surface area contributed by atoms with Crippen molar-refractivity contribution in [1.82, 2.24) is 19.4 Å². The largest absolute Gasteiger partial charge is 0.389 e. The Morgan fingerprint density at radius 3 is 2.65 bits per heavy atom. The molecular weight excluding hydrogens is 409 g/mol. The fraction of sp³-hybridized carbons (Fsp3) is 0.182. The van der Waals surface area contributed by atoms with Gasteiger partial charge in [0.15, 0.2) is 0 Å². The molecule has 0 fully saturated rings. The van der Waals surface area contributed by atoms with Gasteiger partial charge in [-0.15, -0.1) is 0 Å². The van der Waals surface area contributed by atoms with Gasteiger partial charge in [-0.25, -0.2) is 9.97 Å². The highest BCUT2D eigenvalue weighted by atomic mass is 19.4. The van der Waals surface area contributed by atoms with E-state index >= 15 is 0 Å². The van der Waals surface area contributed by atoms with E-state index in [-0.39, 0.29) is 12.0 Å². The van der Waals surface area contributed by atoms with Crippen LogP contribution in [-0.4, -0.2) is 31.3 Å². The Morgan fingerprint density at radius 2 is 1.90 bits per heavy atom. The standard InChI is InChI=1S/C22H17F3N4O2/c23-22(24,25)6-4-17(30)9-14-2-1-3-16(8-14)19-12-27-20-10-15(5-7-29(19)20)18-11-28-21(31)13-26-18/h1-3,5,7-8,10-13H,4,6,9H2,(H,28,31). The Labute approximate surface area is 174 Å². The second kappa shape index (κ2) is 8.17. The minimum Gasteiger partial charge on any atom is -0.326 e. The summed E-state index contributed by atoms with van der Waals surface area (Å²) < 4.78 is 38.8. The van der Waals surface area contributed by atoms with Gasteiger partial charge in [0.05, 0.1) is 30.2 Å². The third-order valence-electron chi connectivity index (χ3n) is 4.79. The number of aromatic amines is 1. The van der Waals surface area contributed by atoms with Crippen LogP contribution >= 0.6 is 0 Å². The Kier molecular flexibility index (Phi) is 5.41. The molecule has 0 saturated heterocycles. The first-order chi connectivity index (χ1) is 14.8. The van der Waals surface area contributed by atoms with Gasteiger partial charge in [0.1, 0.15) is 11.4 Å². The van der Waals surface area contributed by atoms with E-state index in [0.717, 1.165) is 16.8 Å². The second-order valence-electron chi connectivity index (χ2n) is 7.11. The van der Waals surface area contributed by atoms with E-state index in [9.17, 15) is 22.8 Å². The van der Waals surface area contributed by atoms with E-state index in [1.165, 1.54) is 12.4 Å². The average molecular weight is 426 g/mol. The fourth-order valence-electron chi connectivity index (χ4n) is 3.29. The number of pyridine rings is 1. The fourth-order valence-corrected chi connectivity index (χ4v) is 3.29. The molecule has 0 bridgehead atoms. The van der Waals surface area contributed by atoms with E-state index in [1.54, 1.807) is 24.4 Å². The molecule has 6 nitrogen and oxygen atoms in total. The Hall–Kier alpha value is -3.75. The number of imidazole rings is 1. The van der Waals surface area contributed by atoms with E-state index in [1.807, 2.05) is 28.8 Å². The molecule has 0 radical (unpaired) electrons. The molecule has 0 atom stereocenters. The second-order valence-corrected chi connectivity index (χ2v) is 7.11. The molecule has 0 unspecified atom stereocenters. The smallest absolute Gasteiger partial charge is 0.326 e. The minimum atomic E-state index is -4.34. The van der Waals surface area contributed by atoms with E-state index in [0.29, 0.717) is 16.9 Å². The first kappa shape index (κ1) is 20.5. The van der Waals surface area contributed by atoms with E-state index < -0.39 is 24.8 Å². The first-order valence-electron chi connectivity index (χ1n) is 9.48. The summed E-state index contributed by atoms with van der Waals surface area (Å²) in [5, 5.41) is 0. The summed E-state index contributed by atoms with van der Waals surface area (Å²) in [4.78, 5) is 34.2. The molecule has 1 N–H and O–H groups in total. The molecule has 0 aliphatic carbocycles.